The molecule has 1 saturated carbocycles. The Morgan fingerprint density at radius 3 is 2.54 bits per heavy atom. The van der Waals surface area contributed by atoms with Gasteiger partial charge < -0.3 is 15.6 Å². The minimum absolute atomic E-state index is 0. The van der Waals surface area contributed by atoms with Crippen LogP contribution in [0.2, 0.25) is 0 Å². The largest absolute Gasteiger partial charge is 0.352 e. The van der Waals surface area contributed by atoms with Gasteiger partial charge in [0.05, 0.1) is 6.54 Å². The minimum Gasteiger partial charge on any atom is -0.352 e. The highest BCUT2D eigenvalue weighted by molar-refractivity contribution is 5.85. The number of halogens is 1. The number of carbonyl (C=O) groups excluding carboxylic acids is 1. The molecule has 1 aliphatic carbocycles. The van der Waals surface area contributed by atoms with Gasteiger partial charge in [0.2, 0.25) is 5.91 Å². The molecule has 2 aromatic rings. The van der Waals surface area contributed by atoms with Crippen LogP contribution in [0.1, 0.15) is 36.8 Å². The van der Waals surface area contributed by atoms with E-state index in [1.807, 2.05) is 30.3 Å². The van der Waals surface area contributed by atoms with Crippen LogP contribution in [-0.4, -0.2) is 16.5 Å². The Morgan fingerprint density at radius 1 is 1.12 bits per heavy atom. The van der Waals surface area contributed by atoms with Gasteiger partial charge in [0, 0.05) is 30.8 Å². The Hall–Kier alpha value is -2.11. The number of rotatable bonds is 5. The third-order valence-electron chi connectivity index (χ3n) is 4.83. The Morgan fingerprint density at radius 2 is 1.85 bits per heavy atom. The average Bonchev–Trinajstić information content (AvgIpc) is 2.63. The molecule has 5 nitrogen and oxygen atoms in total. The van der Waals surface area contributed by atoms with Gasteiger partial charge in [0.15, 0.2) is 0 Å². The predicted octanol–water partition coefficient (Wildman–Crippen LogP) is 2.45. The summed E-state index contributed by atoms with van der Waals surface area (Å²) in [6.07, 6.45) is 5.56. The number of nitrogens with one attached hydrogen (secondary N) is 1. The number of aromatic nitrogens is 1. The number of carbonyl (C=O) groups is 1. The summed E-state index contributed by atoms with van der Waals surface area (Å²) in [7, 11) is 0. The van der Waals surface area contributed by atoms with E-state index in [1.165, 1.54) is 0 Å². The van der Waals surface area contributed by atoms with Gasteiger partial charge in [-0.15, -0.1) is 12.4 Å². The molecule has 0 spiro atoms. The van der Waals surface area contributed by atoms with Crippen molar-refractivity contribution in [2.24, 2.45) is 11.7 Å². The Kier molecular flexibility index (Phi) is 7.42. The van der Waals surface area contributed by atoms with E-state index in [2.05, 4.69) is 5.32 Å². The third kappa shape index (κ3) is 5.44. The molecule has 1 amide bonds. The van der Waals surface area contributed by atoms with Gasteiger partial charge in [-0.3, -0.25) is 9.59 Å². The highest BCUT2D eigenvalue weighted by Gasteiger charge is 2.24. The number of amides is 1. The van der Waals surface area contributed by atoms with Crippen molar-refractivity contribution in [2.45, 2.75) is 44.8 Å². The Balaban J connectivity index is 0.00000243. The summed E-state index contributed by atoms with van der Waals surface area (Å²) in [6.45, 7) is 1.07. The molecule has 2 atom stereocenters. The van der Waals surface area contributed by atoms with Crippen LogP contribution in [0.15, 0.2) is 53.5 Å². The summed E-state index contributed by atoms with van der Waals surface area (Å²) in [4.78, 5) is 24.0. The van der Waals surface area contributed by atoms with Crippen molar-refractivity contribution >= 4 is 18.3 Å². The molecule has 6 heteroatoms. The lowest BCUT2D eigenvalue weighted by Crippen LogP contribution is -2.37. The summed E-state index contributed by atoms with van der Waals surface area (Å²) in [5, 5.41) is 3.02. The summed E-state index contributed by atoms with van der Waals surface area (Å²) >= 11 is 0. The van der Waals surface area contributed by atoms with Gasteiger partial charge >= 0.3 is 0 Å². The standard InChI is InChI=1S/C20H25N3O2.ClH/c21-18-5-3-4-17(12-18)20(25)22-13-15-7-9-16(10-8-15)14-23-11-2-1-6-19(23)24;/h1-2,6-11,17-18H,3-5,12-14,21H2,(H,22,25);1H. The van der Waals surface area contributed by atoms with Crippen molar-refractivity contribution in [2.75, 3.05) is 0 Å². The van der Waals surface area contributed by atoms with E-state index in [-0.39, 0.29) is 35.8 Å². The minimum atomic E-state index is -0.00969. The normalized spacial score (nSPS) is 19.4. The van der Waals surface area contributed by atoms with Gasteiger partial charge in [-0.05, 0) is 36.5 Å². The molecular weight excluding hydrogens is 350 g/mol. The van der Waals surface area contributed by atoms with Gasteiger partial charge in [-0.1, -0.05) is 36.8 Å². The van der Waals surface area contributed by atoms with Crippen LogP contribution in [0.25, 0.3) is 0 Å². The lowest BCUT2D eigenvalue weighted by molar-refractivity contribution is -0.126. The monoisotopic (exact) mass is 375 g/mol. The number of pyridine rings is 1. The van der Waals surface area contributed by atoms with E-state index < -0.39 is 0 Å². The summed E-state index contributed by atoms with van der Waals surface area (Å²) in [5.41, 5.74) is 8.06. The van der Waals surface area contributed by atoms with Crippen molar-refractivity contribution in [3.63, 3.8) is 0 Å². The van der Waals surface area contributed by atoms with Gasteiger partial charge in [-0.25, -0.2) is 0 Å². The maximum atomic E-state index is 12.3. The first kappa shape index (κ1) is 20.2. The first-order valence-electron chi connectivity index (χ1n) is 8.88. The van der Waals surface area contributed by atoms with Crippen molar-refractivity contribution in [1.82, 2.24) is 9.88 Å². The maximum Gasteiger partial charge on any atom is 0.250 e. The smallest absolute Gasteiger partial charge is 0.250 e. The van der Waals surface area contributed by atoms with Crippen molar-refractivity contribution in [3.8, 4) is 0 Å². The van der Waals surface area contributed by atoms with E-state index >= 15 is 0 Å². The number of nitrogens with two attached hydrogens (primary N) is 1. The van der Waals surface area contributed by atoms with Gasteiger partial charge in [0.25, 0.3) is 5.56 Å². The van der Waals surface area contributed by atoms with E-state index in [4.69, 9.17) is 5.73 Å². The van der Waals surface area contributed by atoms with Gasteiger partial charge in [0.1, 0.15) is 0 Å². The molecule has 3 rings (SSSR count). The van der Waals surface area contributed by atoms with Crippen LogP contribution in [0, 0.1) is 5.92 Å². The molecule has 0 bridgehead atoms. The summed E-state index contributed by atoms with van der Waals surface area (Å²) < 4.78 is 1.67. The molecule has 26 heavy (non-hydrogen) atoms. The SMILES string of the molecule is Cl.NC1CCCC(C(=O)NCc2ccc(Cn3ccccc3=O)cc2)C1. The first-order chi connectivity index (χ1) is 12.1. The molecule has 1 fully saturated rings. The molecule has 1 heterocycles. The fraction of sp³-hybridized carbons (Fsp3) is 0.400. The van der Waals surface area contributed by atoms with Crippen LogP contribution in [0.4, 0.5) is 0 Å². The van der Waals surface area contributed by atoms with Crippen LogP contribution < -0.4 is 16.6 Å². The highest BCUT2D eigenvalue weighted by Crippen LogP contribution is 2.23. The fourth-order valence-corrected chi connectivity index (χ4v) is 3.35. The van der Waals surface area contributed by atoms with Crippen LogP contribution in [0.3, 0.4) is 0 Å². The van der Waals surface area contributed by atoms with Crippen molar-refractivity contribution < 1.29 is 4.79 Å². The van der Waals surface area contributed by atoms with Crippen molar-refractivity contribution in [1.29, 1.82) is 0 Å². The number of hydrogen-bond acceptors (Lipinski definition) is 3. The molecule has 0 radical (unpaired) electrons. The Bertz CT molecular complexity index is 773. The van der Waals surface area contributed by atoms with E-state index in [0.717, 1.165) is 36.8 Å². The highest BCUT2D eigenvalue weighted by atomic mass is 35.5. The quantitative estimate of drug-likeness (QED) is 0.842. The van der Waals surface area contributed by atoms with E-state index in [9.17, 15) is 9.59 Å². The first-order valence-corrected chi connectivity index (χ1v) is 8.88. The zero-order valence-corrected chi connectivity index (χ0v) is 15.6. The lowest BCUT2D eigenvalue weighted by Gasteiger charge is -2.25. The molecule has 140 valence electrons. The number of hydrogen-bond donors (Lipinski definition) is 2. The van der Waals surface area contributed by atoms with E-state index in [0.29, 0.717) is 13.1 Å². The molecule has 1 aromatic carbocycles. The second-order valence-corrected chi connectivity index (χ2v) is 6.82. The van der Waals surface area contributed by atoms with Crippen LogP contribution >= 0.6 is 12.4 Å². The maximum absolute atomic E-state index is 12.3. The third-order valence-corrected chi connectivity index (χ3v) is 4.83. The molecule has 0 saturated heterocycles. The topological polar surface area (TPSA) is 77.1 Å². The molecule has 2 unspecified atom stereocenters. The lowest BCUT2D eigenvalue weighted by atomic mass is 9.85. The number of benzene rings is 1. The van der Waals surface area contributed by atoms with Gasteiger partial charge in [-0.2, -0.15) is 0 Å². The fourth-order valence-electron chi connectivity index (χ4n) is 3.35. The van der Waals surface area contributed by atoms with Crippen LogP contribution in [0.5, 0.6) is 0 Å². The second kappa shape index (κ2) is 9.55. The zero-order chi connectivity index (χ0) is 17.6. The molecule has 1 aliphatic rings. The van der Waals surface area contributed by atoms with Crippen molar-refractivity contribution in [3.05, 3.63) is 70.1 Å². The number of nitrogens with zero attached hydrogens (tertiary/aromatic N) is 1. The molecule has 0 aliphatic heterocycles. The zero-order valence-electron chi connectivity index (χ0n) is 14.8. The van der Waals surface area contributed by atoms with Crippen LogP contribution in [-0.2, 0) is 17.9 Å². The van der Waals surface area contributed by atoms with E-state index in [1.54, 1.807) is 22.9 Å². The summed E-state index contributed by atoms with van der Waals surface area (Å²) in [6, 6.07) is 13.3. The Labute approximate surface area is 160 Å². The summed E-state index contributed by atoms with van der Waals surface area (Å²) in [5.74, 6) is 0.156. The molecular formula is C20H26ClN3O2. The molecule has 3 N–H and O–H groups in total. The molecule has 1 aromatic heterocycles. The second-order valence-electron chi connectivity index (χ2n) is 6.82. The predicted molar refractivity (Wildman–Crippen MR) is 105 cm³/mol. The average molecular weight is 376 g/mol.